The first kappa shape index (κ1) is 28.2. The summed E-state index contributed by atoms with van der Waals surface area (Å²) in [6, 6.07) is 0. The summed E-state index contributed by atoms with van der Waals surface area (Å²) >= 11 is 0. The molecule has 2 rings (SSSR count). The SMILES string of the molecule is C#C[C@@H](CNC(=O)[C@@H]1CCCN(C(=O)/C=C\C2CCN(C(=O)OC(C)(C)C)CC2)C1)C(=O)OCC. The second-order valence-corrected chi connectivity index (χ2v) is 10.0. The van der Waals surface area contributed by atoms with Crippen LogP contribution < -0.4 is 5.32 Å². The Morgan fingerprint density at radius 1 is 1.11 bits per heavy atom. The van der Waals surface area contributed by atoms with Gasteiger partial charge in [-0.15, -0.1) is 6.42 Å². The van der Waals surface area contributed by atoms with Crippen LogP contribution in [0, 0.1) is 30.1 Å². The highest BCUT2D eigenvalue weighted by molar-refractivity contribution is 5.88. The van der Waals surface area contributed by atoms with Crippen molar-refractivity contribution in [3.8, 4) is 12.3 Å². The van der Waals surface area contributed by atoms with Crippen LogP contribution in [0.3, 0.4) is 0 Å². The van der Waals surface area contributed by atoms with Crippen molar-refractivity contribution in [3.05, 3.63) is 12.2 Å². The first-order valence-corrected chi connectivity index (χ1v) is 12.4. The summed E-state index contributed by atoms with van der Waals surface area (Å²) in [7, 11) is 0. The van der Waals surface area contributed by atoms with Crippen LogP contribution in [0.5, 0.6) is 0 Å². The summed E-state index contributed by atoms with van der Waals surface area (Å²) in [5.74, 6) is 0.516. The van der Waals surface area contributed by atoms with E-state index in [0.717, 1.165) is 19.3 Å². The van der Waals surface area contributed by atoms with E-state index in [4.69, 9.17) is 15.9 Å². The minimum absolute atomic E-state index is 0.0144. The van der Waals surface area contributed by atoms with Crippen LogP contribution >= 0.6 is 0 Å². The van der Waals surface area contributed by atoms with Crippen molar-refractivity contribution in [1.82, 2.24) is 15.1 Å². The fourth-order valence-electron chi connectivity index (χ4n) is 4.12. The average Bonchev–Trinajstić information content (AvgIpc) is 2.82. The van der Waals surface area contributed by atoms with Crippen LogP contribution in [0.2, 0.25) is 0 Å². The zero-order chi connectivity index (χ0) is 26.0. The number of nitrogens with zero attached hydrogens (tertiary/aromatic N) is 2. The lowest BCUT2D eigenvalue weighted by Crippen LogP contribution is -2.46. The number of carbonyl (C=O) groups is 4. The number of piperidine rings is 2. The Labute approximate surface area is 208 Å². The summed E-state index contributed by atoms with van der Waals surface area (Å²) in [5, 5.41) is 2.73. The zero-order valence-corrected chi connectivity index (χ0v) is 21.4. The Balaban J connectivity index is 1.79. The van der Waals surface area contributed by atoms with E-state index in [2.05, 4.69) is 11.2 Å². The third kappa shape index (κ3) is 9.27. The number of rotatable bonds is 7. The van der Waals surface area contributed by atoms with E-state index < -0.39 is 17.5 Å². The highest BCUT2D eigenvalue weighted by atomic mass is 16.6. The molecule has 2 atom stereocenters. The van der Waals surface area contributed by atoms with Crippen molar-refractivity contribution in [2.75, 3.05) is 39.3 Å². The summed E-state index contributed by atoms with van der Waals surface area (Å²) in [6.45, 7) is 9.57. The summed E-state index contributed by atoms with van der Waals surface area (Å²) in [6.07, 6.45) is 11.5. The molecule has 9 heteroatoms. The van der Waals surface area contributed by atoms with Crippen molar-refractivity contribution in [2.45, 2.75) is 59.0 Å². The van der Waals surface area contributed by atoms with Crippen LogP contribution in [0.4, 0.5) is 4.79 Å². The Kier molecular flexibility index (Phi) is 10.6. The summed E-state index contributed by atoms with van der Waals surface area (Å²) in [4.78, 5) is 52.8. The van der Waals surface area contributed by atoms with Gasteiger partial charge in [0.2, 0.25) is 11.8 Å². The van der Waals surface area contributed by atoms with E-state index >= 15 is 0 Å². The lowest BCUT2D eigenvalue weighted by Gasteiger charge is -2.33. The molecule has 0 aromatic rings. The number of likely N-dealkylation sites (tertiary alicyclic amines) is 2. The van der Waals surface area contributed by atoms with Gasteiger partial charge < -0.3 is 24.6 Å². The minimum Gasteiger partial charge on any atom is -0.465 e. The van der Waals surface area contributed by atoms with Crippen LogP contribution in [0.15, 0.2) is 12.2 Å². The first-order valence-electron chi connectivity index (χ1n) is 12.4. The van der Waals surface area contributed by atoms with E-state index in [-0.39, 0.29) is 42.9 Å². The normalized spacial score (nSPS) is 20.1. The van der Waals surface area contributed by atoms with Crippen LogP contribution in [0.1, 0.15) is 53.4 Å². The van der Waals surface area contributed by atoms with Gasteiger partial charge in [0.1, 0.15) is 11.5 Å². The Hall–Kier alpha value is -3.02. The van der Waals surface area contributed by atoms with Crippen molar-refractivity contribution in [1.29, 1.82) is 0 Å². The van der Waals surface area contributed by atoms with Crippen LogP contribution in [0.25, 0.3) is 0 Å². The largest absolute Gasteiger partial charge is 0.465 e. The molecule has 2 aliphatic rings. The van der Waals surface area contributed by atoms with Gasteiger partial charge in [0, 0.05) is 32.7 Å². The topological polar surface area (TPSA) is 105 Å². The summed E-state index contributed by atoms with van der Waals surface area (Å²) < 4.78 is 10.3. The third-order valence-electron chi connectivity index (χ3n) is 6.06. The highest BCUT2D eigenvalue weighted by Gasteiger charge is 2.29. The molecule has 194 valence electrons. The average molecular weight is 490 g/mol. The third-order valence-corrected chi connectivity index (χ3v) is 6.06. The minimum atomic E-state index is -0.829. The number of terminal acetylenes is 1. The number of carbonyl (C=O) groups excluding carboxylic acids is 4. The molecule has 0 aliphatic carbocycles. The number of hydrogen-bond donors (Lipinski definition) is 1. The van der Waals surface area contributed by atoms with Crippen molar-refractivity contribution < 1.29 is 28.7 Å². The van der Waals surface area contributed by atoms with Crippen molar-refractivity contribution in [3.63, 3.8) is 0 Å². The van der Waals surface area contributed by atoms with E-state index in [9.17, 15) is 19.2 Å². The van der Waals surface area contributed by atoms with E-state index in [1.54, 1.807) is 22.8 Å². The Morgan fingerprint density at radius 2 is 1.80 bits per heavy atom. The van der Waals surface area contributed by atoms with Gasteiger partial charge in [0.15, 0.2) is 0 Å². The van der Waals surface area contributed by atoms with Gasteiger partial charge in [-0.2, -0.15) is 0 Å². The quantitative estimate of drug-likeness (QED) is 0.334. The molecule has 0 unspecified atom stereocenters. The predicted molar refractivity (Wildman–Crippen MR) is 131 cm³/mol. The summed E-state index contributed by atoms with van der Waals surface area (Å²) in [5.41, 5.74) is -0.520. The molecule has 2 aliphatic heterocycles. The van der Waals surface area contributed by atoms with Gasteiger partial charge in [-0.25, -0.2) is 4.79 Å². The molecule has 0 saturated carbocycles. The number of esters is 1. The van der Waals surface area contributed by atoms with Crippen LogP contribution in [-0.4, -0.2) is 78.6 Å². The van der Waals surface area contributed by atoms with Gasteiger partial charge in [-0.05, 0) is 65.4 Å². The van der Waals surface area contributed by atoms with E-state index in [0.29, 0.717) is 32.6 Å². The number of hydrogen-bond acceptors (Lipinski definition) is 6. The monoisotopic (exact) mass is 489 g/mol. The molecule has 9 nitrogen and oxygen atoms in total. The van der Waals surface area contributed by atoms with Crippen molar-refractivity contribution >= 4 is 23.9 Å². The standard InChI is InChI=1S/C26H39N3O6/c1-6-20(24(32)34-7-2)17-27-23(31)21-9-8-14-29(18-21)22(30)11-10-19-12-15-28(16-13-19)25(33)35-26(3,4)5/h1,10-11,19-21H,7-9,12-18H2,2-5H3,(H,27,31)/b11-10-/t20-,21+/m0/s1. The predicted octanol–water partition coefficient (Wildman–Crippen LogP) is 2.36. The fourth-order valence-corrected chi connectivity index (χ4v) is 4.12. The van der Waals surface area contributed by atoms with Gasteiger partial charge in [0.05, 0.1) is 12.5 Å². The van der Waals surface area contributed by atoms with Crippen LogP contribution in [-0.2, 0) is 23.9 Å². The lowest BCUT2D eigenvalue weighted by atomic mass is 9.95. The van der Waals surface area contributed by atoms with E-state index in [1.165, 1.54) is 0 Å². The smallest absolute Gasteiger partial charge is 0.410 e. The molecule has 0 radical (unpaired) electrons. The maximum Gasteiger partial charge on any atom is 0.410 e. The molecular weight excluding hydrogens is 450 g/mol. The van der Waals surface area contributed by atoms with Gasteiger partial charge in [-0.3, -0.25) is 14.4 Å². The maximum atomic E-state index is 12.7. The molecule has 35 heavy (non-hydrogen) atoms. The molecule has 0 spiro atoms. The molecule has 0 aromatic heterocycles. The second kappa shape index (κ2) is 13.2. The lowest BCUT2D eigenvalue weighted by molar-refractivity contribution is -0.145. The first-order chi connectivity index (χ1) is 16.5. The Morgan fingerprint density at radius 3 is 2.40 bits per heavy atom. The Bertz CT molecular complexity index is 833. The molecule has 0 aromatic carbocycles. The van der Waals surface area contributed by atoms with Gasteiger partial charge >= 0.3 is 12.1 Å². The van der Waals surface area contributed by atoms with E-state index in [1.807, 2.05) is 26.8 Å². The molecule has 0 bridgehead atoms. The molecular formula is C26H39N3O6. The second-order valence-electron chi connectivity index (χ2n) is 10.0. The van der Waals surface area contributed by atoms with Gasteiger partial charge in [0.25, 0.3) is 0 Å². The van der Waals surface area contributed by atoms with Crippen molar-refractivity contribution in [2.24, 2.45) is 17.8 Å². The molecule has 3 amide bonds. The molecule has 1 N–H and O–H groups in total. The fraction of sp³-hybridized carbons (Fsp3) is 0.692. The number of ether oxygens (including phenoxy) is 2. The van der Waals surface area contributed by atoms with Gasteiger partial charge in [-0.1, -0.05) is 12.0 Å². The maximum absolute atomic E-state index is 12.7. The number of amides is 3. The number of allylic oxidation sites excluding steroid dienone is 1. The molecule has 2 heterocycles. The zero-order valence-electron chi connectivity index (χ0n) is 21.4. The molecule has 2 saturated heterocycles. The molecule has 2 fully saturated rings. The highest BCUT2D eigenvalue weighted by Crippen LogP contribution is 2.22. The number of nitrogens with one attached hydrogen (secondary N) is 1.